The predicted octanol–water partition coefficient (Wildman–Crippen LogP) is 3.31. The van der Waals surface area contributed by atoms with Crippen molar-refractivity contribution in [2.24, 2.45) is 5.73 Å². The van der Waals surface area contributed by atoms with Gasteiger partial charge >= 0.3 is 0 Å². The van der Waals surface area contributed by atoms with Crippen LogP contribution in [-0.4, -0.2) is 26.9 Å². The fraction of sp³-hybridized carbons (Fsp3) is 0.300. The van der Waals surface area contributed by atoms with Crippen LogP contribution in [0.1, 0.15) is 41.6 Å². The Morgan fingerprint density at radius 1 is 1.17 bits per heavy atom. The van der Waals surface area contributed by atoms with E-state index in [-0.39, 0.29) is 24.8 Å². The first-order valence-corrected chi connectivity index (χ1v) is 9.42. The van der Waals surface area contributed by atoms with Gasteiger partial charge in [0.2, 0.25) is 0 Å². The highest BCUT2D eigenvalue weighted by Gasteiger charge is 2.26. The van der Waals surface area contributed by atoms with Gasteiger partial charge in [-0.3, -0.25) is 5.10 Å². The van der Waals surface area contributed by atoms with Crippen molar-refractivity contribution in [3.8, 4) is 0 Å². The van der Waals surface area contributed by atoms with Crippen LogP contribution in [0.3, 0.4) is 0 Å². The second-order valence-electron chi connectivity index (χ2n) is 7.07. The largest absolute Gasteiger partial charge is 0.394 e. The molecule has 1 fully saturated rings. The number of nitrogens with two attached hydrogens (primary N) is 1. The van der Waals surface area contributed by atoms with E-state index in [4.69, 9.17) is 5.73 Å². The lowest BCUT2D eigenvalue weighted by Gasteiger charge is -2.20. The van der Waals surface area contributed by atoms with Crippen LogP contribution in [0.2, 0.25) is 0 Å². The van der Waals surface area contributed by atoms with Crippen molar-refractivity contribution >= 4 is 17.5 Å². The van der Waals surface area contributed by atoms with E-state index in [0.717, 1.165) is 18.5 Å². The fourth-order valence-electron chi connectivity index (χ4n) is 3.11. The third kappa shape index (κ3) is 4.36. The Bertz CT molecular complexity index is 987. The van der Waals surface area contributed by atoms with E-state index >= 15 is 0 Å². The molecule has 0 bridgehead atoms. The van der Waals surface area contributed by atoms with E-state index in [0.29, 0.717) is 28.7 Å². The first-order chi connectivity index (χ1) is 14.1. The summed E-state index contributed by atoms with van der Waals surface area (Å²) < 4.78 is 27.7. The number of hydrogen-bond acceptors (Lipinski definition) is 6. The molecule has 0 saturated heterocycles. The zero-order chi connectivity index (χ0) is 20.4. The van der Waals surface area contributed by atoms with Crippen molar-refractivity contribution in [2.45, 2.75) is 31.3 Å². The average Bonchev–Trinajstić information content (AvgIpc) is 3.48. The molecule has 152 valence electrons. The molecule has 1 aliphatic rings. The van der Waals surface area contributed by atoms with Gasteiger partial charge in [0, 0.05) is 29.8 Å². The summed E-state index contributed by atoms with van der Waals surface area (Å²) in [5.41, 5.74) is 7.88. The molecule has 1 aromatic carbocycles. The lowest BCUT2D eigenvalue weighted by atomic mass is 10.1. The molecule has 4 rings (SSSR count). The van der Waals surface area contributed by atoms with E-state index in [1.807, 2.05) is 6.07 Å². The molecule has 7 nitrogen and oxygen atoms in total. The summed E-state index contributed by atoms with van der Waals surface area (Å²) >= 11 is 0. The maximum atomic E-state index is 14.5. The second kappa shape index (κ2) is 8.14. The van der Waals surface area contributed by atoms with E-state index in [1.165, 1.54) is 18.2 Å². The Labute approximate surface area is 166 Å². The number of aromatic nitrogens is 3. The standard InChI is InChI=1S/C20H22F2N6O/c21-14-5-3-12(4-6-14)17(10-29)24-19-13(9-23)7-15(22)20(26-19)25-18-8-16(27-28-18)11-1-2-11/h3-8,11,17,29H,1-2,9-10,23H2,(H3,24,25,26,27,28). The molecule has 0 spiro atoms. The number of aliphatic hydroxyl groups is 1. The van der Waals surface area contributed by atoms with Crippen LogP contribution in [0.4, 0.5) is 26.2 Å². The highest BCUT2D eigenvalue weighted by Crippen LogP contribution is 2.39. The van der Waals surface area contributed by atoms with Gasteiger partial charge in [0.05, 0.1) is 12.6 Å². The zero-order valence-electron chi connectivity index (χ0n) is 15.6. The molecule has 1 aliphatic carbocycles. The minimum absolute atomic E-state index is 0.00524. The number of nitrogens with one attached hydrogen (secondary N) is 3. The van der Waals surface area contributed by atoms with Crippen molar-refractivity contribution in [3.63, 3.8) is 0 Å². The minimum Gasteiger partial charge on any atom is -0.394 e. The van der Waals surface area contributed by atoms with E-state index < -0.39 is 11.9 Å². The highest BCUT2D eigenvalue weighted by atomic mass is 19.1. The van der Waals surface area contributed by atoms with Crippen LogP contribution < -0.4 is 16.4 Å². The molecule has 1 atom stereocenters. The molecule has 29 heavy (non-hydrogen) atoms. The molecule has 9 heteroatoms. The molecule has 0 radical (unpaired) electrons. The lowest BCUT2D eigenvalue weighted by Crippen LogP contribution is -2.18. The maximum Gasteiger partial charge on any atom is 0.170 e. The summed E-state index contributed by atoms with van der Waals surface area (Å²) in [5, 5.41) is 22.8. The minimum atomic E-state index is -0.561. The summed E-state index contributed by atoms with van der Waals surface area (Å²) in [6, 6.07) is 8.34. The summed E-state index contributed by atoms with van der Waals surface area (Å²) in [4.78, 5) is 4.32. The van der Waals surface area contributed by atoms with Gasteiger partial charge in [-0.25, -0.2) is 13.8 Å². The molecular formula is C20H22F2N6O. The van der Waals surface area contributed by atoms with Gasteiger partial charge < -0.3 is 21.5 Å². The summed E-state index contributed by atoms with van der Waals surface area (Å²) in [6.07, 6.45) is 2.25. The van der Waals surface area contributed by atoms with Crippen molar-refractivity contribution in [1.82, 2.24) is 15.2 Å². The van der Waals surface area contributed by atoms with Gasteiger partial charge in [-0.1, -0.05) is 12.1 Å². The van der Waals surface area contributed by atoms with Gasteiger partial charge in [-0.05, 0) is 36.6 Å². The number of rotatable bonds is 8. The Hall–Kier alpha value is -3.04. The summed E-state index contributed by atoms with van der Waals surface area (Å²) in [6.45, 7) is -0.204. The van der Waals surface area contributed by atoms with Crippen molar-refractivity contribution < 1.29 is 13.9 Å². The quantitative estimate of drug-likeness (QED) is 0.397. The van der Waals surface area contributed by atoms with E-state index in [1.54, 1.807) is 12.1 Å². The number of hydrogen-bond donors (Lipinski definition) is 5. The molecule has 0 amide bonds. The van der Waals surface area contributed by atoms with Crippen LogP contribution in [0.25, 0.3) is 0 Å². The normalized spacial score (nSPS) is 14.6. The topological polar surface area (TPSA) is 112 Å². The molecule has 1 unspecified atom stereocenters. The molecule has 2 heterocycles. The summed E-state index contributed by atoms with van der Waals surface area (Å²) in [5.74, 6) is 0.362. The van der Waals surface area contributed by atoms with Gasteiger partial charge in [0.1, 0.15) is 11.6 Å². The highest BCUT2D eigenvalue weighted by molar-refractivity contribution is 5.59. The molecule has 0 aliphatic heterocycles. The van der Waals surface area contributed by atoms with Crippen molar-refractivity contribution in [3.05, 3.63) is 64.9 Å². The molecule has 3 aromatic rings. The van der Waals surface area contributed by atoms with Crippen molar-refractivity contribution in [1.29, 1.82) is 0 Å². The molecule has 2 aromatic heterocycles. The monoisotopic (exact) mass is 400 g/mol. The first-order valence-electron chi connectivity index (χ1n) is 9.42. The number of benzene rings is 1. The smallest absolute Gasteiger partial charge is 0.170 e. The zero-order valence-corrected chi connectivity index (χ0v) is 15.6. The maximum absolute atomic E-state index is 14.5. The Morgan fingerprint density at radius 3 is 2.59 bits per heavy atom. The van der Waals surface area contributed by atoms with Gasteiger partial charge in [0.25, 0.3) is 0 Å². The van der Waals surface area contributed by atoms with E-state index in [9.17, 15) is 13.9 Å². The number of aliphatic hydroxyl groups excluding tert-OH is 1. The van der Waals surface area contributed by atoms with Crippen LogP contribution in [-0.2, 0) is 6.54 Å². The lowest BCUT2D eigenvalue weighted by molar-refractivity contribution is 0.276. The van der Waals surface area contributed by atoms with Gasteiger partial charge in [-0.2, -0.15) is 5.10 Å². The number of pyridine rings is 1. The predicted molar refractivity (Wildman–Crippen MR) is 106 cm³/mol. The number of aromatic amines is 1. The Morgan fingerprint density at radius 2 is 1.93 bits per heavy atom. The van der Waals surface area contributed by atoms with Crippen LogP contribution in [0, 0.1) is 11.6 Å². The number of H-pyrrole nitrogens is 1. The Balaban J connectivity index is 1.59. The van der Waals surface area contributed by atoms with E-state index in [2.05, 4.69) is 25.8 Å². The third-order valence-corrected chi connectivity index (χ3v) is 4.90. The van der Waals surface area contributed by atoms with Crippen LogP contribution >= 0.6 is 0 Å². The molecular weight excluding hydrogens is 378 g/mol. The van der Waals surface area contributed by atoms with Gasteiger partial charge in [0.15, 0.2) is 17.5 Å². The SMILES string of the molecule is NCc1cc(F)c(Nc2cc(C3CC3)[nH]n2)nc1NC(CO)c1ccc(F)cc1. The second-order valence-corrected chi connectivity index (χ2v) is 7.07. The summed E-state index contributed by atoms with van der Waals surface area (Å²) in [7, 11) is 0. The van der Waals surface area contributed by atoms with Crippen LogP contribution in [0.15, 0.2) is 36.4 Å². The van der Waals surface area contributed by atoms with Gasteiger partial charge in [-0.15, -0.1) is 0 Å². The third-order valence-electron chi connectivity index (χ3n) is 4.90. The first kappa shape index (κ1) is 19.3. The van der Waals surface area contributed by atoms with Crippen LogP contribution in [0.5, 0.6) is 0 Å². The Kier molecular flexibility index (Phi) is 5.41. The molecule has 1 saturated carbocycles. The average molecular weight is 400 g/mol. The number of nitrogens with zero attached hydrogens (tertiary/aromatic N) is 2. The number of halogens is 2. The molecule has 6 N–H and O–H groups in total. The number of anilines is 3. The van der Waals surface area contributed by atoms with Crippen molar-refractivity contribution in [2.75, 3.05) is 17.2 Å². The fourth-order valence-corrected chi connectivity index (χ4v) is 3.11.